The van der Waals surface area contributed by atoms with Gasteiger partial charge in [-0.3, -0.25) is 0 Å². The summed E-state index contributed by atoms with van der Waals surface area (Å²) in [6.07, 6.45) is 2.20. The Morgan fingerprint density at radius 1 is 1.44 bits per heavy atom. The van der Waals surface area contributed by atoms with Crippen LogP contribution in [0.1, 0.15) is 30.0 Å². The summed E-state index contributed by atoms with van der Waals surface area (Å²) in [5, 5.41) is 3.32. The molecule has 0 aromatic heterocycles. The second-order valence-corrected chi connectivity index (χ2v) is 4.68. The van der Waals surface area contributed by atoms with Crippen molar-refractivity contribution < 1.29 is 4.74 Å². The highest BCUT2D eigenvalue weighted by Crippen LogP contribution is 2.43. The van der Waals surface area contributed by atoms with E-state index >= 15 is 0 Å². The van der Waals surface area contributed by atoms with E-state index in [0.717, 1.165) is 24.2 Å². The van der Waals surface area contributed by atoms with Crippen LogP contribution in [-0.4, -0.2) is 19.7 Å². The number of hydrogen-bond acceptors (Lipinski definition) is 3. The van der Waals surface area contributed by atoms with Crippen LogP contribution in [-0.2, 0) is 0 Å². The summed E-state index contributed by atoms with van der Waals surface area (Å²) in [5.41, 5.74) is 8.62. The highest BCUT2D eigenvalue weighted by molar-refractivity contribution is 5.39. The number of hydrogen-bond donors (Lipinski definition) is 2. The Balaban J connectivity index is 2.29. The zero-order valence-electron chi connectivity index (χ0n) is 10.2. The van der Waals surface area contributed by atoms with Crippen LogP contribution in [0, 0.1) is 6.92 Å². The summed E-state index contributed by atoms with van der Waals surface area (Å²) in [5.74, 6) is 0.931. The van der Waals surface area contributed by atoms with Crippen LogP contribution in [0.3, 0.4) is 0 Å². The van der Waals surface area contributed by atoms with Crippen LogP contribution < -0.4 is 15.8 Å². The van der Waals surface area contributed by atoms with Crippen molar-refractivity contribution in [3.05, 3.63) is 29.3 Å². The van der Waals surface area contributed by atoms with Crippen molar-refractivity contribution >= 4 is 0 Å². The molecule has 0 spiro atoms. The maximum Gasteiger partial charge on any atom is 0.121 e. The minimum absolute atomic E-state index is 0.0459. The lowest BCUT2D eigenvalue weighted by Gasteiger charge is -2.24. The van der Waals surface area contributed by atoms with Gasteiger partial charge >= 0.3 is 0 Å². The normalized spacial score (nSPS) is 19.2. The Morgan fingerprint density at radius 2 is 2.12 bits per heavy atom. The monoisotopic (exact) mass is 220 g/mol. The Bertz CT molecular complexity index is 386. The van der Waals surface area contributed by atoms with E-state index in [1.807, 2.05) is 13.1 Å². The molecule has 1 saturated carbocycles. The summed E-state index contributed by atoms with van der Waals surface area (Å²) < 4.78 is 5.26. The Hall–Kier alpha value is -1.06. The first-order valence-electron chi connectivity index (χ1n) is 5.71. The molecule has 1 fully saturated rings. The minimum atomic E-state index is -0.0459. The fourth-order valence-electron chi connectivity index (χ4n) is 2.30. The fourth-order valence-corrected chi connectivity index (χ4v) is 2.30. The quantitative estimate of drug-likeness (QED) is 0.812. The van der Waals surface area contributed by atoms with E-state index in [-0.39, 0.29) is 11.6 Å². The molecule has 1 unspecified atom stereocenters. The van der Waals surface area contributed by atoms with Gasteiger partial charge in [-0.2, -0.15) is 0 Å². The van der Waals surface area contributed by atoms with Crippen molar-refractivity contribution in [1.82, 2.24) is 5.32 Å². The molecule has 88 valence electrons. The van der Waals surface area contributed by atoms with Crippen molar-refractivity contribution in [2.24, 2.45) is 5.73 Å². The number of methoxy groups -OCH3 is 1. The number of rotatable bonds is 4. The number of aryl methyl sites for hydroxylation is 1. The van der Waals surface area contributed by atoms with Gasteiger partial charge in [-0.05, 0) is 44.0 Å². The van der Waals surface area contributed by atoms with Crippen LogP contribution in [0.4, 0.5) is 0 Å². The second-order valence-electron chi connectivity index (χ2n) is 4.68. The van der Waals surface area contributed by atoms with Crippen LogP contribution in [0.5, 0.6) is 5.75 Å². The molecule has 0 bridgehead atoms. The first-order valence-corrected chi connectivity index (χ1v) is 5.71. The third-order valence-electron chi connectivity index (χ3n) is 3.44. The predicted octanol–water partition coefficient (Wildman–Crippen LogP) is 1.76. The molecule has 1 aliphatic rings. The maximum absolute atomic E-state index is 6.26. The maximum atomic E-state index is 6.26. The van der Waals surface area contributed by atoms with Crippen LogP contribution in [0.2, 0.25) is 0 Å². The van der Waals surface area contributed by atoms with Crippen molar-refractivity contribution in [1.29, 1.82) is 0 Å². The average Bonchev–Trinajstić information content (AvgIpc) is 2.98. The molecule has 3 heteroatoms. The van der Waals surface area contributed by atoms with Crippen LogP contribution in [0.25, 0.3) is 0 Å². The van der Waals surface area contributed by atoms with Crippen molar-refractivity contribution in [3.8, 4) is 5.75 Å². The van der Waals surface area contributed by atoms with Gasteiger partial charge in [-0.15, -0.1) is 0 Å². The van der Waals surface area contributed by atoms with Gasteiger partial charge in [0.2, 0.25) is 0 Å². The lowest BCUT2D eigenvalue weighted by molar-refractivity contribution is 0.410. The first-order chi connectivity index (χ1) is 7.60. The average molecular weight is 220 g/mol. The minimum Gasteiger partial charge on any atom is -0.496 e. The largest absolute Gasteiger partial charge is 0.496 e. The number of nitrogens with one attached hydrogen (secondary N) is 1. The van der Waals surface area contributed by atoms with Gasteiger partial charge in [-0.25, -0.2) is 0 Å². The van der Waals surface area contributed by atoms with E-state index < -0.39 is 0 Å². The Kier molecular flexibility index (Phi) is 2.91. The van der Waals surface area contributed by atoms with Gasteiger partial charge in [0, 0.05) is 5.54 Å². The van der Waals surface area contributed by atoms with E-state index in [4.69, 9.17) is 10.5 Å². The molecule has 1 atom stereocenters. The summed E-state index contributed by atoms with van der Waals surface area (Å²) in [4.78, 5) is 0. The van der Waals surface area contributed by atoms with Crippen LogP contribution >= 0.6 is 0 Å². The molecule has 0 amide bonds. The van der Waals surface area contributed by atoms with Gasteiger partial charge in [0.1, 0.15) is 5.75 Å². The molecule has 0 radical (unpaired) electrons. The van der Waals surface area contributed by atoms with Crippen molar-refractivity contribution in [3.63, 3.8) is 0 Å². The molecular formula is C13H20N2O. The van der Waals surface area contributed by atoms with Gasteiger partial charge in [0.05, 0.1) is 13.2 Å². The summed E-state index contributed by atoms with van der Waals surface area (Å²) in [6.45, 7) is 2.06. The van der Waals surface area contributed by atoms with E-state index in [9.17, 15) is 0 Å². The molecule has 3 nitrogen and oxygen atoms in total. The first kappa shape index (κ1) is 11.4. The molecule has 16 heavy (non-hydrogen) atoms. The highest BCUT2D eigenvalue weighted by Gasteiger charge is 2.45. The van der Waals surface area contributed by atoms with Gasteiger partial charge in [0.25, 0.3) is 0 Å². The summed E-state index contributed by atoms with van der Waals surface area (Å²) in [7, 11) is 3.67. The number of nitrogens with two attached hydrogens (primary N) is 1. The van der Waals surface area contributed by atoms with E-state index in [2.05, 4.69) is 24.4 Å². The molecule has 1 aromatic rings. The molecular weight excluding hydrogens is 200 g/mol. The van der Waals surface area contributed by atoms with Crippen molar-refractivity contribution in [2.75, 3.05) is 14.2 Å². The fraction of sp³-hybridized carbons (Fsp3) is 0.538. The summed E-state index contributed by atoms with van der Waals surface area (Å²) >= 11 is 0. The summed E-state index contributed by atoms with van der Waals surface area (Å²) in [6, 6.07) is 6.52. The SMILES string of the molecule is CNC(c1ccc(OC)c(C)c1)C1(N)CC1. The molecule has 1 aromatic carbocycles. The predicted molar refractivity (Wildman–Crippen MR) is 65.7 cm³/mol. The standard InChI is InChI=1S/C13H20N2O/c1-9-8-10(4-5-11(9)16-3)12(15-2)13(14)6-7-13/h4-5,8,12,15H,6-7,14H2,1-3H3. The lowest BCUT2D eigenvalue weighted by Crippen LogP contribution is -2.38. The van der Waals surface area contributed by atoms with Crippen molar-refractivity contribution in [2.45, 2.75) is 31.3 Å². The smallest absolute Gasteiger partial charge is 0.121 e. The molecule has 1 aliphatic carbocycles. The third kappa shape index (κ3) is 1.93. The third-order valence-corrected chi connectivity index (χ3v) is 3.44. The lowest BCUT2D eigenvalue weighted by atomic mass is 9.96. The molecule has 0 saturated heterocycles. The molecule has 2 rings (SSSR count). The molecule has 0 heterocycles. The van der Waals surface area contributed by atoms with E-state index in [1.165, 1.54) is 5.56 Å². The van der Waals surface area contributed by atoms with E-state index in [0.29, 0.717) is 0 Å². The number of ether oxygens (including phenoxy) is 1. The zero-order chi connectivity index (χ0) is 11.8. The topological polar surface area (TPSA) is 47.3 Å². The van der Waals surface area contributed by atoms with Gasteiger partial charge in [0.15, 0.2) is 0 Å². The molecule has 0 aliphatic heterocycles. The highest BCUT2D eigenvalue weighted by atomic mass is 16.5. The van der Waals surface area contributed by atoms with Gasteiger partial charge in [-0.1, -0.05) is 12.1 Å². The number of likely N-dealkylation sites (N-methyl/N-ethyl adjacent to an activating group) is 1. The Labute approximate surface area is 97.0 Å². The second kappa shape index (κ2) is 4.07. The van der Waals surface area contributed by atoms with Gasteiger partial charge < -0.3 is 15.8 Å². The zero-order valence-corrected chi connectivity index (χ0v) is 10.2. The van der Waals surface area contributed by atoms with E-state index in [1.54, 1.807) is 7.11 Å². The number of benzene rings is 1. The molecule has 3 N–H and O–H groups in total. The van der Waals surface area contributed by atoms with Crippen LogP contribution in [0.15, 0.2) is 18.2 Å². The Morgan fingerprint density at radius 3 is 2.56 bits per heavy atom.